The fourth-order valence-electron chi connectivity index (χ4n) is 2.16. The number of amides is 2. The Balaban J connectivity index is 2.05. The maximum Gasteiger partial charge on any atom is 0.253 e. The van der Waals surface area contributed by atoms with Crippen molar-refractivity contribution in [3.8, 4) is 0 Å². The van der Waals surface area contributed by atoms with E-state index in [2.05, 4.69) is 10.6 Å². The Labute approximate surface area is 123 Å². The molecule has 1 heterocycles. The zero-order chi connectivity index (χ0) is 14.5. The van der Waals surface area contributed by atoms with Gasteiger partial charge in [0.25, 0.3) is 5.91 Å². The number of anilines is 1. The fraction of sp³-hybridized carbons (Fsp3) is 0.357. The van der Waals surface area contributed by atoms with Crippen LogP contribution in [0.25, 0.3) is 0 Å². The molecule has 0 radical (unpaired) electrons. The summed E-state index contributed by atoms with van der Waals surface area (Å²) in [6.07, 6.45) is 2.13. The third-order valence-electron chi connectivity index (χ3n) is 3.05. The summed E-state index contributed by atoms with van der Waals surface area (Å²) in [5.41, 5.74) is 1.32. The van der Waals surface area contributed by atoms with E-state index in [1.807, 2.05) is 4.90 Å². The molecular weight excluding hydrogens is 274 g/mol. The van der Waals surface area contributed by atoms with Crippen molar-refractivity contribution in [2.75, 3.05) is 18.4 Å². The standard InChI is InChI=1S/C14H17N3O2S/c1-10(18)15-14(20)16-12-6-4-5-11(9-12)13(19)17-7-2-3-8-17/h4-6,9H,2-3,7-8H2,1H3,(H2,15,16,18,20). The number of nitrogens with zero attached hydrogens (tertiary/aromatic N) is 1. The van der Waals surface area contributed by atoms with Crippen LogP contribution < -0.4 is 10.6 Å². The number of benzene rings is 1. The zero-order valence-corrected chi connectivity index (χ0v) is 12.1. The molecule has 1 aromatic carbocycles. The van der Waals surface area contributed by atoms with E-state index in [1.54, 1.807) is 24.3 Å². The average molecular weight is 291 g/mol. The second-order valence-electron chi connectivity index (χ2n) is 4.72. The van der Waals surface area contributed by atoms with Gasteiger partial charge in [-0.25, -0.2) is 0 Å². The van der Waals surface area contributed by atoms with E-state index in [-0.39, 0.29) is 16.9 Å². The lowest BCUT2D eigenvalue weighted by Gasteiger charge is -2.16. The minimum atomic E-state index is -0.230. The Morgan fingerprint density at radius 3 is 2.60 bits per heavy atom. The van der Waals surface area contributed by atoms with Gasteiger partial charge in [-0.3, -0.25) is 9.59 Å². The van der Waals surface area contributed by atoms with Crippen molar-refractivity contribution in [3.05, 3.63) is 29.8 Å². The number of hydrogen-bond acceptors (Lipinski definition) is 3. The molecule has 0 aliphatic carbocycles. The van der Waals surface area contributed by atoms with Crippen molar-refractivity contribution >= 4 is 34.8 Å². The van der Waals surface area contributed by atoms with Gasteiger partial charge in [0.2, 0.25) is 5.91 Å². The second kappa shape index (κ2) is 6.47. The SMILES string of the molecule is CC(=O)NC(=S)Nc1cccc(C(=O)N2CCCC2)c1. The van der Waals surface area contributed by atoms with Gasteiger partial charge in [-0.15, -0.1) is 0 Å². The van der Waals surface area contributed by atoms with E-state index < -0.39 is 0 Å². The van der Waals surface area contributed by atoms with Gasteiger partial charge in [0.05, 0.1) is 0 Å². The van der Waals surface area contributed by atoms with Crippen LogP contribution in [-0.2, 0) is 4.79 Å². The van der Waals surface area contributed by atoms with Crippen molar-refractivity contribution in [2.24, 2.45) is 0 Å². The Morgan fingerprint density at radius 1 is 1.25 bits per heavy atom. The summed E-state index contributed by atoms with van der Waals surface area (Å²) in [6.45, 7) is 3.03. The van der Waals surface area contributed by atoms with Crippen LogP contribution in [0.2, 0.25) is 0 Å². The Hall–Kier alpha value is -1.95. The summed E-state index contributed by atoms with van der Waals surface area (Å²) < 4.78 is 0. The summed E-state index contributed by atoms with van der Waals surface area (Å²) in [4.78, 5) is 25.0. The number of carbonyl (C=O) groups is 2. The molecular formula is C14H17N3O2S. The first-order chi connectivity index (χ1) is 9.56. The van der Waals surface area contributed by atoms with E-state index in [9.17, 15) is 9.59 Å². The molecule has 0 unspecified atom stereocenters. The molecule has 0 atom stereocenters. The van der Waals surface area contributed by atoms with E-state index in [0.717, 1.165) is 25.9 Å². The maximum absolute atomic E-state index is 12.3. The topological polar surface area (TPSA) is 61.4 Å². The van der Waals surface area contributed by atoms with Crippen LogP contribution in [0.5, 0.6) is 0 Å². The molecule has 6 heteroatoms. The van der Waals surface area contributed by atoms with E-state index in [4.69, 9.17) is 12.2 Å². The quantitative estimate of drug-likeness (QED) is 0.815. The third-order valence-corrected chi connectivity index (χ3v) is 3.25. The van der Waals surface area contributed by atoms with Crippen LogP contribution in [0.4, 0.5) is 5.69 Å². The summed E-state index contributed by atoms with van der Waals surface area (Å²) in [5, 5.41) is 5.59. The first-order valence-corrected chi connectivity index (χ1v) is 6.95. The fourth-order valence-corrected chi connectivity index (χ4v) is 2.42. The zero-order valence-electron chi connectivity index (χ0n) is 11.3. The van der Waals surface area contributed by atoms with Gasteiger partial charge in [-0.2, -0.15) is 0 Å². The van der Waals surface area contributed by atoms with Crippen LogP contribution in [0.1, 0.15) is 30.1 Å². The smallest absolute Gasteiger partial charge is 0.253 e. The van der Waals surface area contributed by atoms with Crippen molar-refractivity contribution in [3.63, 3.8) is 0 Å². The van der Waals surface area contributed by atoms with Crippen LogP contribution >= 0.6 is 12.2 Å². The monoisotopic (exact) mass is 291 g/mol. The lowest BCUT2D eigenvalue weighted by molar-refractivity contribution is -0.117. The summed E-state index contributed by atoms with van der Waals surface area (Å²) in [5.74, 6) is -0.191. The lowest BCUT2D eigenvalue weighted by atomic mass is 10.2. The number of carbonyl (C=O) groups excluding carboxylic acids is 2. The van der Waals surface area contributed by atoms with Crippen LogP contribution in [0.3, 0.4) is 0 Å². The molecule has 0 aromatic heterocycles. The van der Waals surface area contributed by atoms with Gasteiger partial charge in [0.1, 0.15) is 0 Å². The molecule has 1 saturated heterocycles. The van der Waals surface area contributed by atoms with Gasteiger partial charge in [-0.1, -0.05) is 6.07 Å². The van der Waals surface area contributed by atoms with Crippen LogP contribution in [-0.4, -0.2) is 34.9 Å². The predicted octanol–water partition coefficient (Wildman–Crippen LogP) is 1.76. The highest BCUT2D eigenvalue weighted by Crippen LogP contribution is 2.16. The molecule has 0 spiro atoms. The van der Waals surface area contributed by atoms with E-state index in [1.165, 1.54) is 6.92 Å². The first-order valence-electron chi connectivity index (χ1n) is 6.54. The van der Waals surface area contributed by atoms with E-state index in [0.29, 0.717) is 11.3 Å². The molecule has 0 saturated carbocycles. The van der Waals surface area contributed by atoms with Crippen molar-refractivity contribution in [1.29, 1.82) is 0 Å². The normalized spacial score (nSPS) is 13.9. The highest BCUT2D eigenvalue weighted by atomic mass is 32.1. The van der Waals surface area contributed by atoms with Gasteiger partial charge in [0, 0.05) is 31.3 Å². The van der Waals surface area contributed by atoms with Crippen molar-refractivity contribution in [2.45, 2.75) is 19.8 Å². The number of nitrogens with one attached hydrogen (secondary N) is 2. The molecule has 1 aliphatic heterocycles. The number of rotatable bonds is 2. The highest BCUT2D eigenvalue weighted by Gasteiger charge is 2.19. The minimum absolute atomic E-state index is 0.0385. The van der Waals surface area contributed by atoms with Gasteiger partial charge >= 0.3 is 0 Å². The molecule has 5 nitrogen and oxygen atoms in total. The maximum atomic E-state index is 12.3. The molecule has 2 amide bonds. The van der Waals surface area contributed by atoms with Gasteiger partial charge in [0.15, 0.2) is 5.11 Å². The number of hydrogen-bond donors (Lipinski definition) is 2. The summed E-state index contributed by atoms with van der Waals surface area (Å²) in [6, 6.07) is 7.12. The van der Waals surface area contributed by atoms with Crippen LogP contribution in [0.15, 0.2) is 24.3 Å². The Bertz CT molecular complexity index is 539. The Kier molecular flexibility index (Phi) is 4.68. The molecule has 106 valence electrons. The predicted molar refractivity (Wildman–Crippen MR) is 81.6 cm³/mol. The number of likely N-dealkylation sites (tertiary alicyclic amines) is 1. The van der Waals surface area contributed by atoms with Crippen molar-refractivity contribution < 1.29 is 9.59 Å². The van der Waals surface area contributed by atoms with E-state index >= 15 is 0 Å². The molecule has 1 aromatic rings. The van der Waals surface area contributed by atoms with Crippen LogP contribution in [0, 0.1) is 0 Å². The molecule has 1 fully saturated rings. The Morgan fingerprint density at radius 2 is 1.95 bits per heavy atom. The van der Waals surface area contributed by atoms with Crippen molar-refractivity contribution in [1.82, 2.24) is 10.2 Å². The molecule has 1 aliphatic rings. The van der Waals surface area contributed by atoms with Gasteiger partial charge in [-0.05, 0) is 43.3 Å². The molecule has 2 rings (SSSR count). The summed E-state index contributed by atoms with van der Waals surface area (Å²) in [7, 11) is 0. The number of thiocarbonyl (C=S) groups is 1. The third kappa shape index (κ3) is 3.77. The van der Waals surface area contributed by atoms with Gasteiger partial charge < -0.3 is 15.5 Å². The molecule has 2 N–H and O–H groups in total. The second-order valence-corrected chi connectivity index (χ2v) is 5.12. The largest absolute Gasteiger partial charge is 0.339 e. The lowest BCUT2D eigenvalue weighted by Crippen LogP contribution is -2.32. The highest BCUT2D eigenvalue weighted by molar-refractivity contribution is 7.80. The first kappa shape index (κ1) is 14.5. The molecule has 20 heavy (non-hydrogen) atoms. The summed E-state index contributed by atoms with van der Waals surface area (Å²) >= 11 is 4.99. The molecule has 0 bridgehead atoms. The average Bonchev–Trinajstić information content (AvgIpc) is 2.91. The minimum Gasteiger partial charge on any atom is -0.339 e.